The molecular weight excluding hydrogens is 820 g/mol. The molecule has 1 heterocycles. The van der Waals surface area contributed by atoms with Crippen molar-refractivity contribution in [2.24, 2.45) is 0 Å². The summed E-state index contributed by atoms with van der Waals surface area (Å²) in [5.74, 6) is -1.01. The molecule has 270 valence electrons. The van der Waals surface area contributed by atoms with E-state index in [0.717, 1.165) is 40.1 Å². The Kier molecular flexibility index (Phi) is 21.1. The van der Waals surface area contributed by atoms with Crippen molar-refractivity contribution >= 4 is 53.8 Å². The summed E-state index contributed by atoms with van der Waals surface area (Å²) in [5, 5.41) is 13.9. The van der Waals surface area contributed by atoms with E-state index in [2.05, 4.69) is 13.9 Å². The van der Waals surface area contributed by atoms with Crippen LogP contribution >= 0.6 is 12.0 Å². The van der Waals surface area contributed by atoms with Crippen LogP contribution in [0.15, 0.2) is 63.9 Å². The van der Waals surface area contributed by atoms with E-state index in [1.54, 1.807) is 6.07 Å². The van der Waals surface area contributed by atoms with Gasteiger partial charge in [0.1, 0.15) is 16.7 Å². The molecule has 4 rings (SSSR count). The molecule has 0 saturated carbocycles. The number of unbranched alkanes of at least 4 members (excludes halogenated alkanes) is 2. The Balaban J connectivity index is 0.00000451. The monoisotopic (exact) mass is 857 g/mol. The molecule has 0 atom stereocenters. The number of allylic oxidation sites excluding steroid dienone is 4. The summed E-state index contributed by atoms with van der Waals surface area (Å²) in [6.45, 7) is 8.32. The molecule has 0 unspecified atom stereocenters. The largest absolute Gasteiger partial charge is 1.00 e. The Morgan fingerprint density at radius 2 is 1.46 bits per heavy atom. The van der Waals surface area contributed by atoms with Gasteiger partial charge in [-0.1, -0.05) is 31.6 Å². The van der Waals surface area contributed by atoms with Gasteiger partial charge in [-0.2, -0.15) is 8.91 Å². The van der Waals surface area contributed by atoms with Crippen LogP contribution in [0.3, 0.4) is 0 Å². The molecule has 0 radical (unpaired) electrons. The Labute approximate surface area is 418 Å². The standard InChI is InChI=1S/C32H41NO12S4.2K.Na/c1-31(2)23(19-26-22(10-5-7-16-47(35,36)37)18-25(21-27(26)31)49(41,42)43)11-9-12-30-32(3,4)28-20-24(46-45-44-34)13-14-29(28)33(30)15-6-8-17-48(38,39)40;;;/h9,11-14,18,20-21H,5-8,10,15-17,19H2,1-4H3,(H3-,34,35,36,37,38,39,40,41,42,43);;;/q;3*+1/p-3. The molecule has 1 aliphatic carbocycles. The molecule has 20 heteroatoms. The van der Waals surface area contributed by atoms with Gasteiger partial charge in [0.15, 0.2) is 5.71 Å². The maximum atomic E-state index is 12.1. The zero-order valence-electron chi connectivity index (χ0n) is 30.5. The zero-order chi connectivity index (χ0) is 36.4. The van der Waals surface area contributed by atoms with E-state index in [1.165, 1.54) is 12.1 Å². The second-order valence-corrected chi connectivity index (χ2v) is 18.4. The number of hydrogen-bond acceptors (Lipinski definition) is 13. The first-order valence-corrected chi connectivity index (χ1v) is 20.8. The third-order valence-electron chi connectivity index (χ3n) is 9.14. The smallest absolute Gasteiger partial charge is 0.748 e. The van der Waals surface area contributed by atoms with E-state index in [-0.39, 0.29) is 150 Å². The van der Waals surface area contributed by atoms with Gasteiger partial charge in [-0.25, -0.2) is 25.3 Å². The van der Waals surface area contributed by atoms with Gasteiger partial charge in [0.25, 0.3) is 0 Å². The Morgan fingerprint density at radius 3 is 2.04 bits per heavy atom. The Morgan fingerprint density at radius 1 is 0.846 bits per heavy atom. The minimum absolute atomic E-state index is 0. The summed E-state index contributed by atoms with van der Waals surface area (Å²) < 4.78 is 110. The van der Waals surface area contributed by atoms with Crippen molar-refractivity contribution in [2.45, 2.75) is 86.8 Å². The molecule has 52 heavy (non-hydrogen) atoms. The van der Waals surface area contributed by atoms with E-state index >= 15 is 0 Å². The van der Waals surface area contributed by atoms with Gasteiger partial charge >= 0.3 is 132 Å². The molecule has 0 saturated heterocycles. The minimum atomic E-state index is -4.79. The molecule has 1 aliphatic heterocycles. The predicted molar refractivity (Wildman–Crippen MR) is 177 cm³/mol. The first kappa shape index (κ1) is 51.8. The average molecular weight is 858 g/mol. The van der Waals surface area contributed by atoms with E-state index in [4.69, 9.17) is 0 Å². The summed E-state index contributed by atoms with van der Waals surface area (Å²) in [6, 6.07) is 8.24. The van der Waals surface area contributed by atoms with E-state index in [0.29, 0.717) is 48.3 Å². The molecule has 0 spiro atoms. The number of fused-ring (bicyclic) bond motifs is 2. The summed E-state index contributed by atoms with van der Waals surface area (Å²) >= 11 is 0.764. The van der Waals surface area contributed by atoms with E-state index < -0.39 is 52.7 Å². The van der Waals surface area contributed by atoms with Crippen molar-refractivity contribution in [3.8, 4) is 0 Å². The second kappa shape index (κ2) is 21.2. The summed E-state index contributed by atoms with van der Waals surface area (Å²) in [6.07, 6.45) is 7.54. The first-order valence-electron chi connectivity index (χ1n) is 15.4. The van der Waals surface area contributed by atoms with Crippen LogP contribution < -0.4 is 138 Å². The van der Waals surface area contributed by atoms with Crippen LogP contribution in [0, 0.1) is 0 Å². The quantitative estimate of drug-likeness (QED) is 0.0293. The zero-order valence-corrected chi connectivity index (χ0v) is 42.0. The van der Waals surface area contributed by atoms with Gasteiger partial charge in [-0.3, -0.25) is 5.04 Å². The van der Waals surface area contributed by atoms with Crippen LogP contribution in [0.1, 0.15) is 75.6 Å². The molecule has 2 aromatic rings. The van der Waals surface area contributed by atoms with Gasteiger partial charge in [0, 0.05) is 45.9 Å². The Hall–Kier alpha value is 1.82. The third-order valence-corrected chi connectivity index (χ3v) is 12.1. The third kappa shape index (κ3) is 13.7. The fraction of sp³-hybridized carbons (Fsp3) is 0.469. The van der Waals surface area contributed by atoms with Crippen LogP contribution in [-0.4, -0.2) is 67.2 Å². The normalized spacial score (nSPS) is 17.0. The van der Waals surface area contributed by atoms with Gasteiger partial charge in [0.2, 0.25) is 5.69 Å². The number of hydrogen-bond donors (Lipinski definition) is 0. The predicted octanol–water partition coefficient (Wildman–Crippen LogP) is -5.58. The van der Waals surface area contributed by atoms with Crippen LogP contribution in [0.4, 0.5) is 5.69 Å². The maximum Gasteiger partial charge on any atom is 1.00 e. The maximum absolute atomic E-state index is 12.1. The van der Waals surface area contributed by atoms with Gasteiger partial charge < -0.3 is 18.9 Å². The van der Waals surface area contributed by atoms with E-state index in [1.807, 2.05) is 58.1 Å². The fourth-order valence-electron chi connectivity index (χ4n) is 6.59. The number of aryl methyl sites for hydroxylation is 1. The van der Waals surface area contributed by atoms with Crippen molar-refractivity contribution in [3.05, 3.63) is 76.4 Å². The molecule has 2 aromatic carbocycles. The fourth-order valence-corrected chi connectivity index (χ4v) is 8.65. The Bertz CT molecular complexity index is 2030. The molecular formula is C32H38K2NNaO12S4. The topological polar surface area (TPSA) is 216 Å². The molecule has 0 amide bonds. The van der Waals surface area contributed by atoms with Crippen molar-refractivity contribution in [3.63, 3.8) is 0 Å². The van der Waals surface area contributed by atoms with Crippen LogP contribution in [-0.2, 0) is 63.4 Å². The number of rotatable bonds is 16. The van der Waals surface area contributed by atoms with Crippen molar-refractivity contribution < 1.29 is 190 Å². The minimum Gasteiger partial charge on any atom is -0.748 e. The molecule has 0 fully saturated rings. The molecule has 0 N–H and O–H groups in total. The van der Waals surface area contributed by atoms with Crippen LogP contribution in [0.5, 0.6) is 0 Å². The molecule has 2 aliphatic rings. The van der Waals surface area contributed by atoms with E-state index in [9.17, 15) is 44.2 Å². The van der Waals surface area contributed by atoms with Crippen molar-refractivity contribution in [1.29, 1.82) is 0 Å². The number of nitrogens with zero attached hydrogens (tertiary/aromatic N) is 1. The summed E-state index contributed by atoms with van der Waals surface area (Å²) in [7, 11) is -13.5. The van der Waals surface area contributed by atoms with Crippen molar-refractivity contribution in [2.75, 3.05) is 18.1 Å². The molecule has 13 nitrogen and oxygen atoms in total. The SMILES string of the molecule is CC1(C)C(C=CC=C2Cc3c(CCCCS(=O)(=O)[O-])cc(S(=O)(=O)[O-])cc3C2(C)C)=[N+](CCCCS(=O)(=O)[O-])c2ccc(SOO[O-])cc21.[K+].[K+].[Na+]. The van der Waals surface area contributed by atoms with Gasteiger partial charge in [0.05, 0.1) is 42.6 Å². The summed E-state index contributed by atoms with van der Waals surface area (Å²) in [4.78, 5) is 0.261. The van der Waals surface area contributed by atoms with Crippen LogP contribution in [0.2, 0.25) is 0 Å². The molecule has 0 aromatic heterocycles. The first-order chi connectivity index (χ1) is 22.6. The van der Waals surface area contributed by atoms with Crippen molar-refractivity contribution in [1.82, 2.24) is 0 Å². The summed E-state index contributed by atoms with van der Waals surface area (Å²) in [5.41, 5.74) is 4.55. The second-order valence-electron chi connectivity index (χ2n) is 13.2. The number of benzene rings is 2. The molecule has 0 bridgehead atoms. The van der Waals surface area contributed by atoms with Gasteiger partial charge in [-0.15, -0.1) is 0 Å². The van der Waals surface area contributed by atoms with Crippen LogP contribution in [0.25, 0.3) is 0 Å². The average Bonchev–Trinajstić information content (AvgIpc) is 3.36. The van der Waals surface area contributed by atoms with Gasteiger partial charge in [-0.05, 0) is 86.9 Å².